The number of nitrogens with zero attached hydrogens (tertiary/aromatic N) is 4. The van der Waals surface area contributed by atoms with Gasteiger partial charge in [-0.2, -0.15) is 0 Å². The molecule has 0 aromatic carbocycles. The smallest absolute Gasteiger partial charge is 0.416 e. The first-order chi connectivity index (χ1) is 14.2. The maximum absolute atomic E-state index is 12.6. The number of hydrogen-bond acceptors (Lipinski definition) is 7. The molecule has 5 rings (SSSR count). The lowest BCUT2D eigenvalue weighted by atomic mass is 9.99. The Bertz CT molecular complexity index is 1060. The molecule has 0 radical (unpaired) electrons. The van der Waals surface area contributed by atoms with Crippen molar-refractivity contribution in [1.29, 1.82) is 0 Å². The average molecular weight is 413 g/mol. The van der Waals surface area contributed by atoms with Crippen LogP contribution in [-0.2, 0) is 16.0 Å². The molecule has 2 unspecified atom stereocenters. The number of anilines is 1. The van der Waals surface area contributed by atoms with Crippen LogP contribution in [0.3, 0.4) is 0 Å². The fourth-order valence-electron chi connectivity index (χ4n) is 3.68. The van der Waals surface area contributed by atoms with Gasteiger partial charge < -0.3 is 19.2 Å². The van der Waals surface area contributed by atoms with Gasteiger partial charge in [0.05, 0.1) is 18.8 Å². The minimum atomic E-state index is -0.420. The summed E-state index contributed by atoms with van der Waals surface area (Å²) in [7, 11) is 0. The third-order valence-electron chi connectivity index (χ3n) is 5.24. The van der Waals surface area contributed by atoms with Gasteiger partial charge in [0.25, 0.3) is 5.91 Å². The molecule has 5 heterocycles. The molecule has 0 bridgehead atoms. The predicted molar refractivity (Wildman–Crippen MR) is 105 cm³/mol. The van der Waals surface area contributed by atoms with Crippen molar-refractivity contribution in [2.45, 2.75) is 19.0 Å². The molecule has 2 aliphatic heterocycles. The summed E-state index contributed by atoms with van der Waals surface area (Å²) in [6.45, 7) is 2.01. The monoisotopic (exact) mass is 413 g/mol. The second kappa shape index (κ2) is 7.45. The van der Waals surface area contributed by atoms with Gasteiger partial charge >= 0.3 is 6.09 Å². The highest BCUT2D eigenvalue weighted by molar-refractivity contribution is 7.17. The number of pyridine rings is 1. The van der Waals surface area contributed by atoms with E-state index >= 15 is 0 Å². The van der Waals surface area contributed by atoms with Crippen LogP contribution in [0.15, 0.2) is 36.9 Å². The lowest BCUT2D eigenvalue weighted by Crippen LogP contribution is -2.39. The topological polar surface area (TPSA) is 98.1 Å². The van der Waals surface area contributed by atoms with Gasteiger partial charge in [0.2, 0.25) is 0 Å². The van der Waals surface area contributed by atoms with E-state index in [1.165, 1.54) is 17.5 Å². The van der Waals surface area contributed by atoms with Crippen LogP contribution >= 0.6 is 11.3 Å². The highest BCUT2D eigenvalue weighted by atomic mass is 32.1. The highest BCUT2D eigenvalue weighted by Gasteiger charge is 2.42. The van der Waals surface area contributed by atoms with Crippen LogP contribution in [0.25, 0.3) is 5.65 Å². The van der Waals surface area contributed by atoms with Crippen LogP contribution in [0.2, 0.25) is 0 Å². The standard InChI is InChI=1S/C19H19N5O4S/c25-17(21-7-12-1-2-16-20-4-5-23(16)9-12)15-8-22-18(29-15)24-14(11-28-19(24)26)13-3-6-27-10-13/h1-2,4-5,8-9,13-14H,3,6-7,10-11H2,(H,21,25). The van der Waals surface area contributed by atoms with Crippen LogP contribution in [0.5, 0.6) is 0 Å². The van der Waals surface area contributed by atoms with Crippen LogP contribution in [0.4, 0.5) is 9.93 Å². The number of fused-ring (bicyclic) bond motifs is 1. The Hall–Kier alpha value is -2.98. The van der Waals surface area contributed by atoms with E-state index in [-0.39, 0.29) is 17.9 Å². The van der Waals surface area contributed by atoms with Crippen molar-refractivity contribution in [3.05, 3.63) is 47.4 Å². The summed E-state index contributed by atoms with van der Waals surface area (Å²) in [6, 6.07) is 3.72. The van der Waals surface area contributed by atoms with E-state index < -0.39 is 6.09 Å². The number of hydrogen-bond donors (Lipinski definition) is 1. The maximum atomic E-state index is 12.6. The Balaban J connectivity index is 1.27. The number of aromatic nitrogens is 3. The van der Waals surface area contributed by atoms with Crippen LogP contribution in [0.1, 0.15) is 21.7 Å². The predicted octanol–water partition coefficient (Wildman–Crippen LogP) is 2.08. The zero-order valence-corrected chi connectivity index (χ0v) is 16.3. The summed E-state index contributed by atoms with van der Waals surface area (Å²) >= 11 is 1.19. The summed E-state index contributed by atoms with van der Waals surface area (Å²) in [5, 5.41) is 3.38. The van der Waals surface area contributed by atoms with Crippen molar-refractivity contribution < 1.29 is 19.1 Å². The van der Waals surface area contributed by atoms with E-state index in [0.717, 1.165) is 17.6 Å². The Morgan fingerprint density at radius 2 is 2.24 bits per heavy atom. The van der Waals surface area contributed by atoms with Crippen molar-refractivity contribution in [1.82, 2.24) is 19.7 Å². The van der Waals surface area contributed by atoms with Gasteiger partial charge in [0, 0.05) is 37.7 Å². The summed E-state index contributed by atoms with van der Waals surface area (Å²) in [5.41, 5.74) is 1.81. The van der Waals surface area contributed by atoms with Crippen LogP contribution in [-0.4, -0.2) is 52.2 Å². The third kappa shape index (κ3) is 3.45. The molecular weight excluding hydrogens is 394 g/mol. The number of cyclic esters (lactones) is 1. The van der Waals surface area contributed by atoms with Gasteiger partial charge in [-0.3, -0.25) is 4.79 Å². The molecule has 9 nitrogen and oxygen atoms in total. The molecular formula is C19H19N5O4S. The Kier molecular flexibility index (Phi) is 4.64. The van der Waals surface area contributed by atoms with Crippen molar-refractivity contribution >= 4 is 34.1 Å². The SMILES string of the molecule is O=C(NCc1ccc2nccn2c1)c1cnc(N2C(=O)OCC2C2CCOC2)s1. The zero-order valence-electron chi connectivity index (χ0n) is 15.5. The van der Waals surface area contributed by atoms with Gasteiger partial charge in [-0.25, -0.2) is 19.7 Å². The number of thiazole rings is 1. The molecule has 2 aliphatic rings. The zero-order chi connectivity index (χ0) is 19.8. The highest BCUT2D eigenvalue weighted by Crippen LogP contribution is 2.33. The van der Waals surface area contributed by atoms with E-state index in [1.807, 2.05) is 28.9 Å². The molecule has 2 saturated heterocycles. The molecule has 150 valence electrons. The van der Waals surface area contributed by atoms with E-state index in [2.05, 4.69) is 15.3 Å². The first-order valence-electron chi connectivity index (χ1n) is 9.38. The number of rotatable bonds is 5. The van der Waals surface area contributed by atoms with Gasteiger partial charge in [0.1, 0.15) is 17.1 Å². The minimum absolute atomic E-state index is 0.103. The number of carbonyl (C=O) groups excluding carboxylic acids is 2. The Morgan fingerprint density at radius 1 is 1.31 bits per heavy atom. The summed E-state index contributed by atoms with van der Waals surface area (Å²) in [6.07, 6.45) is 7.48. The summed E-state index contributed by atoms with van der Waals surface area (Å²) in [4.78, 5) is 35.3. The van der Waals surface area contributed by atoms with Crippen molar-refractivity contribution in [2.75, 3.05) is 24.7 Å². The fraction of sp³-hybridized carbons (Fsp3) is 0.368. The number of carbonyl (C=O) groups is 2. The van der Waals surface area contributed by atoms with Gasteiger partial charge in [-0.1, -0.05) is 17.4 Å². The molecule has 10 heteroatoms. The number of amides is 2. The van der Waals surface area contributed by atoms with E-state index in [1.54, 1.807) is 11.1 Å². The molecule has 0 aliphatic carbocycles. The average Bonchev–Trinajstić information content (AvgIpc) is 3.51. The van der Waals surface area contributed by atoms with Crippen molar-refractivity contribution in [2.24, 2.45) is 5.92 Å². The van der Waals surface area contributed by atoms with Crippen LogP contribution in [0, 0.1) is 5.92 Å². The lowest BCUT2D eigenvalue weighted by Gasteiger charge is -2.22. The molecule has 1 N–H and O–H groups in total. The van der Waals surface area contributed by atoms with Crippen molar-refractivity contribution in [3.8, 4) is 0 Å². The van der Waals surface area contributed by atoms with Crippen molar-refractivity contribution in [3.63, 3.8) is 0 Å². The molecule has 2 atom stereocenters. The fourth-order valence-corrected chi connectivity index (χ4v) is 4.56. The molecule has 2 amide bonds. The second-order valence-electron chi connectivity index (χ2n) is 7.06. The van der Waals surface area contributed by atoms with E-state index in [4.69, 9.17) is 9.47 Å². The summed E-state index contributed by atoms with van der Waals surface area (Å²) < 4.78 is 12.6. The van der Waals surface area contributed by atoms with Gasteiger partial charge in [-0.15, -0.1) is 0 Å². The van der Waals surface area contributed by atoms with Gasteiger partial charge in [0.15, 0.2) is 5.13 Å². The molecule has 0 spiro atoms. The Morgan fingerprint density at radius 3 is 3.10 bits per heavy atom. The molecule has 3 aromatic heterocycles. The quantitative estimate of drug-likeness (QED) is 0.688. The largest absolute Gasteiger partial charge is 0.447 e. The summed E-state index contributed by atoms with van der Waals surface area (Å²) in [5.74, 6) is -0.00601. The molecule has 0 saturated carbocycles. The number of imidazole rings is 1. The number of nitrogens with one attached hydrogen (secondary N) is 1. The normalized spacial score (nSPS) is 21.7. The molecule has 29 heavy (non-hydrogen) atoms. The molecule has 3 aromatic rings. The van der Waals surface area contributed by atoms with Gasteiger partial charge in [-0.05, 0) is 18.1 Å². The first kappa shape index (κ1) is 18.1. The maximum Gasteiger partial charge on any atom is 0.416 e. The number of ether oxygens (including phenoxy) is 2. The minimum Gasteiger partial charge on any atom is -0.447 e. The Labute approximate surface area is 170 Å². The first-order valence-corrected chi connectivity index (χ1v) is 10.2. The lowest BCUT2D eigenvalue weighted by molar-refractivity contribution is 0.0954. The molecule has 2 fully saturated rings. The van der Waals surface area contributed by atoms with E-state index in [9.17, 15) is 9.59 Å². The van der Waals surface area contributed by atoms with E-state index in [0.29, 0.717) is 36.4 Å². The third-order valence-corrected chi connectivity index (χ3v) is 6.24. The van der Waals surface area contributed by atoms with Crippen LogP contribution < -0.4 is 10.2 Å². The second-order valence-corrected chi connectivity index (χ2v) is 8.07.